The van der Waals surface area contributed by atoms with Gasteiger partial charge in [0.1, 0.15) is 0 Å². The fraction of sp³-hybridized carbons (Fsp3) is 0.0714. The predicted octanol–water partition coefficient (Wildman–Crippen LogP) is -0.441. The van der Waals surface area contributed by atoms with Crippen LogP contribution in [0.1, 0.15) is 15.9 Å². The topological polar surface area (TPSA) is 137 Å². The molecule has 2 unspecified atom stereocenters. The molecule has 2 atom stereocenters. The lowest BCUT2D eigenvalue weighted by molar-refractivity contribution is -0.996. The molecule has 0 fully saturated rings. The van der Waals surface area contributed by atoms with Crippen LogP contribution in [-0.4, -0.2) is 16.3 Å². The zero-order valence-electron chi connectivity index (χ0n) is 12.2. The van der Waals surface area contributed by atoms with Crippen LogP contribution < -0.4 is 21.3 Å². The Bertz CT molecular complexity index is 662. The van der Waals surface area contributed by atoms with E-state index in [1.165, 1.54) is 6.92 Å². The van der Waals surface area contributed by atoms with Crippen molar-refractivity contribution < 1.29 is 25.7 Å². The van der Waals surface area contributed by atoms with Crippen LogP contribution in [0.5, 0.6) is 0 Å². The maximum Gasteiger partial charge on any atom is 0.270 e. The molecule has 2 aromatic rings. The zero-order chi connectivity index (χ0) is 17.0. The number of hydrogen-bond acceptors (Lipinski definition) is 6. The van der Waals surface area contributed by atoms with E-state index in [2.05, 4.69) is 10.9 Å². The summed E-state index contributed by atoms with van der Waals surface area (Å²) in [5.74, 6) is -0.640. The smallest absolute Gasteiger partial charge is 0.270 e. The van der Waals surface area contributed by atoms with Crippen molar-refractivity contribution in [2.75, 3.05) is 5.43 Å². The number of hydrazine groups is 1. The normalized spacial score (nSPS) is 13.3. The lowest BCUT2D eigenvalue weighted by Gasteiger charge is -2.20. The van der Waals surface area contributed by atoms with Gasteiger partial charge >= 0.3 is 0 Å². The third-order valence-corrected chi connectivity index (χ3v) is 3.22. The largest absolute Gasteiger partial charge is 0.595 e. The Morgan fingerprint density at radius 1 is 1.04 bits per heavy atom. The summed E-state index contributed by atoms with van der Waals surface area (Å²) >= 11 is 0. The molecule has 0 saturated carbocycles. The molecule has 6 N–H and O–H groups in total. The third kappa shape index (κ3) is 4.02. The highest BCUT2D eigenvalue weighted by atomic mass is 16.8. The highest BCUT2D eigenvalue weighted by Crippen LogP contribution is 2.20. The van der Waals surface area contributed by atoms with Crippen LogP contribution in [0.4, 0.5) is 17.1 Å². The summed E-state index contributed by atoms with van der Waals surface area (Å²) in [6.45, 7) is 1.39. The lowest BCUT2D eigenvalue weighted by atomic mass is 10.1. The molecular weight excluding hydrogens is 304 g/mol. The summed E-state index contributed by atoms with van der Waals surface area (Å²) < 4.78 is 0. The Morgan fingerprint density at radius 2 is 1.57 bits per heavy atom. The van der Waals surface area contributed by atoms with E-state index in [1.807, 2.05) is 6.07 Å². The summed E-state index contributed by atoms with van der Waals surface area (Å²) in [6, 6.07) is 11.1. The fourth-order valence-corrected chi connectivity index (χ4v) is 2.01. The standard InChI is InChI=1S/C14H16N4O5/c1-9-12(17(20)21)7-10(8-13(9)18(22)23)14(19)16-15-11-5-3-2-4-6-11/h2-8,15,17-18,20,22H,1H3,(H,16,19). The maximum absolute atomic E-state index is 12.1. The van der Waals surface area contributed by atoms with Crippen molar-refractivity contribution in [2.45, 2.75) is 6.92 Å². The van der Waals surface area contributed by atoms with Gasteiger partial charge in [-0.25, -0.2) is 10.4 Å². The summed E-state index contributed by atoms with van der Waals surface area (Å²) in [7, 11) is 0. The minimum atomic E-state index is -1.30. The molecule has 0 bridgehead atoms. The average molecular weight is 320 g/mol. The summed E-state index contributed by atoms with van der Waals surface area (Å²) in [5, 5.41) is 38.1. The van der Waals surface area contributed by atoms with E-state index in [1.54, 1.807) is 24.3 Å². The number of nitrogens with one attached hydrogen (secondary N) is 4. The van der Waals surface area contributed by atoms with Crippen molar-refractivity contribution in [1.82, 2.24) is 5.43 Å². The summed E-state index contributed by atoms with van der Waals surface area (Å²) in [6.07, 6.45) is 0. The molecule has 0 heterocycles. The van der Waals surface area contributed by atoms with Gasteiger partial charge in [0.25, 0.3) is 5.91 Å². The number of benzene rings is 2. The predicted molar refractivity (Wildman–Crippen MR) is 80.3 cm³/mol. The third-order valence-electron chi connectivity index (χ3n) is 3.22. The molecule has 0 saturated heterocycles. The van der Waals surface area contributed by atoms with Crippen LogP contribution in [0, 0.1) is 17.3 Å². The second-order valence-electron chi connectivity index (χ2n) is 4.75. The first kappa shape index (κ1) is 16.8. The van der Waals surface area contributed by atoms with Gasteiger partial charge in [-0.15, -0.1) is 0 Å². The van der Waals surface area contributed by atoms with Crippen molar-refractivity contribution in [3.63, 3.8) is 0 Å². The SMILES string of the molecule is Cc1c([NH+]([O-])O)cc(C(=O)NNc2ccccc2)cc1[NH+]([O-])O. The van der Waals surface area contributed by atoms with Crippen LogP contribution in [0.3, 0.4) is 0 Å². The Kier molecular flexibility index (Phi) is 5.24. The molecule has 122 valence electrons. The molecule has 0 aliphatic carbocycles. The molecule has 2 aromatic carbocycles. The van der Waals surface area contributed by atoms with Gasteiger partial charge in [-0.1, -0.05) is 18.2 Å². The van der Waals surface area contributed by atoms with Crippen molar-refractivity contribution in [3.05, 3.63) is 64.0 Å². The minimum absolute atomic E-state index is 0.0613. The van der Waals surface area contributed by atoms with Crippen LogP contribution in [-0.2, 0) is 0 Å². The van der Waals surface area contributed by atoms with E-state index < -0.39 is 16.4 Å². The van der Waals surface area contributed by atoms with Gasteiger partial charge in [-0.2, -0.15) is 10.5 Å². The van der Waals surface area contributed by atoms with E-state index in [0.29, 0.717) is 5.69 Å². The number of hydrogen-bond donors (Lipinski definition) is 6. The molecule has 0 aliphatic rings. The first-order valence-corrected chi connectivity index (χ1v) is 6.62. The first-order valence-electron chi connectivity index (χ1n) is 6.62. The van der Waals surface area contributed by atoms with Gasteiger partial charge < -0.3 is 10.4 Å². The number of carbonyl (C=O) groups is 1. The number of anilines is 1. The Labute approximate surface area is 131 Å². The van der Waals surface area contributed by atoms with Crippen molar-refractivity contribution >= 4 is 23.0 Å². The van der Waals surface area contributed by atoms with E-state index >= 15 is 0 Å². The van der Waals surface area contributed by atoms with Crippen molar-refractivity contribution in [3.8, 4) is 0 Å². The molecule has 0 radical (unpaired) electrons. The molecule has 9 nitrogen and oxygen atoms in total. The molecular formula is C14H16N4O5. The van der Waals surface area contributed by atoms with Crippen molar-refractivity contribution in [2.24, 2.45) is 0 Å². The molecule has 0 spiro atoms. The van der Waals surface area contributed by atoms with Crippen molar-refractivity contribution in [1.29, 1.82) is 0 Å². The summed E-state index contributed by atoms with van der Waals surface area (Å²) in [5.41, 5.74) is 5.26. The highest BCUT2D eigenvalue weighted by Gasteiger charge is 2.20. The quantitative estimate of drug-likeness (QED) is 0.413. The second kappa shape index (κ2) is 7.15. The second-order valence-corrected chi connectivity index (χ2v) is 4.75. The monoisotopic (exact) mass is 320 g/mol. The highest BCUT2D eigenvalue weighted by molar-refractivity contribution is 5.96. The molecule has 0 aromatic heterocycles. The number of quaternary nitrogens is 2. The van der Waals surface area contributed by atoms with Gasteiger partial charge in [0.05, 0.1) is 16.8 Å². The Hall–Kier alpha value is -2.53. The molecule has 1 amide bonds. The van der Waals surface area contributed by atoms with E-state index in [9.17, 15) is 15.2 Å². The molecule has 0 aliphatic heterocycles. The van der Waals surface area contributed by atoms with Crippen LogP contribution in [0.2, 0.25) is 0 Å². The number of para-hydroxylation sites is 1. The van der Waals surface area contributed by atoms with Gasteiger partial charge in [0.2, 0.25) is 0 Å². The van der Waals surface area contributed by atoms with Gasteiger partial charge in [-0.05, 0) is 19.1 Å². The maximum atomic E-state index is 12.1. The van der Waals surface area contributed by atoms with Crippen LogP contribution in [0.15, 0.2) is 42.5 Å². The summed E-state index contributed by atoms with van der Waals surface area (Å²) in [4.78, 5) is 12.1. The van der Waals surface area contributed by atoms with Crippen LogP contribution >= 0.6 is 0 Å². The van der Waals surface area contributed by atoms with Crippen LogP contribution in [0.25, 0.3) is 0 Å². The average Bonchev–Trinajstić information content (AvgIpc) is 2.53. The molecule has 2 rings (SSSR count). The van der Waals surface area contributed by atoms with Gasteiger partial charge in [-0.3, -0.25) is 15.6 Å². The molecule has 23 heavy (non-hydrogen) atoms. The number of amides is 1. The number of carbonyl (C=O) groups excluding carboxylic acids is 1. The van der Waals surface area contributed by atoms with E-state index in [-0.39, 0.29) is 22.5 Å². The fourth-order valence-electron chi connectivity index (χ4n) is 2.01. The zero-order valence-corrected chi connectivity index (χ0v) is 12.2. The first-order chi connectivity index (χ1) is 10.9. The number of rotatable bonds is 5. The Balaban J connectivity index is 2.25. The minimum Gasteiger partial charge on any atom is -0.595 e. The lowest BCUT2D eigenvalue weighted by Crippen LogP contribution is -3.01. The van der Waals surface area contributed by atoms with Gasteiger partial charge in [0, 0.05) is 12.1 Å². The van der Waals surface area contributed by atoms with E-state index in [4.69, 9.17) is 10.4 Å². The Morgan fingerprint density at radius 3 is 2.04 bits per heavy atom. The van der Waals surface area contributed by atoms with E-state index in [0.717, 1.165) is 12.1 Å². The molecule has 9 heteroatoms. The van der Waals surface area contributed by atoms with Gasteiger partial charge in [0.15, 0.2) is 11.4 Å².